The molecule has 0 saturated heterocycles. The molecular weight excluding hydrogens is 208 g/mol. The third kappa shape index (κ3) is 2.39. The molecule has 4 nitrogen and oxygen atoms in total. The summed E-state index contributed by atoms with van der Waals surface area (Å²) in [6.07, 6.45) is 0. The van der Waals surface area contributed by atoms with E-state index in [0.29, 0.717) is 5.56 Å². The van der Waals surface area contributed by atoms with E-state index in [2.05, 4.69) is 0 Å². The molecule has 0 aromatic heterocycles. The molecule has 0 aliphatic heterocycles. The number of benzene rings is 1. The Labute approximate surface area is 93.5 Å². The number of carboxylic acids is 1. The van der Waals surface area contributed by atoms with Crippen molar-refractivity contribution >= 4 is 11.8 Å². The Hall–Kier alpha value is -1.84. The van der Waals surface area contributed by atoms with Gasteiger partial charge >= 0.3 is 5.97 Å². The Bertz CT molecular complexity index is 441. The van der Waals surface area contributed by atoms with Crippen LogP contribution < -0.4 is 0 Å². The number of phenolic OH excluding ortho intramolecular Hbond substituents is 1. The number of aromatic hydroxyl groups is 1. The van der Waals surface area contributed by atoms with Crippen molar-refractivity contribution in [1.29, 1.82) is 0 Å². The van der Waals surface area contributed by atoms with Gasteiger partial charge in [-0.05, 0) is 29.2 Å². The minimum absolute atomic E-state index is 0.0202. The first-order chi connectivity index (χ1) is 7.23. The SMILES string of the molecule is CC(C)(C)c1cc(O)ccc1C(=O)C(=O)O. The van der Waals surface area contributed by atoms with Gasteiger partial charge in [0.15, 0.2) is 0 Å². The van der Waals surface area contributed by atoms with Gasteiger partial charge in [-0.25, -0.2) is 4.79 Å². The summed E-state index contributed by atoms with van der Waals surface area (Å²) < 4.78 is 0. The van der Waals surface area contributed by atoms with Gasteiger partial charge in [-0.1, -0.05) is 20.8 Å². The molecule has 0 fully saturated rings. The van der Waals surface area contributed by atoms with E-state index in [-0.39, 0.29) is 11.3 Å². The lowest BCUT2D eigenvalue weighted by atomic mass is 9.82. The lowest BCUT2D eigenvalue weighted by molar-refractivity contribution is -0.131. The fourth-order valence-electron chi connectivity index (χ4n) is 1.47. The number of phenols is 1. The minimum atomic E-state index is -1.49. The molecule has 0 aliphatic rings. The van der Waals surface area contributed by atoms with Gasteiger partial charge in [0.1, 0.15) is 5.75 Å². The van der Waals surface area contributed by atoms with E-state index in [4.69, 9.17) is 5.11 Å². The molecule has 0 bridgehead atoms. The van der Waals surface area contributed by atoms with Crippen molar-refractivity contribution in [2.45, 2.75) is 26.2 Å². The number of carboxylic acid groups (broad SMARTS) is 1. The summed E-state index contributed by atoms with van der Waals surface area (Å²) in [5.74, 6) is -2.42. The second kappa shape index (κ2) is 3.96. The number of rotatable bonds is 2. The molecule has 4 heteroatoms. The van der Waals surface area contributed by atoms with E-state index >= 15 is 0 Å². The van der Waals surface area contributed by atoms with Crippen LogP contribution in [0.3, 0.4) is 0 Å². The number of Topliss-reactive ketones (excluding diaryl/α,β-unsaturated/α-hetero) is 1. The van der Waals surface area contributed by atoms with Gasteiger partial charge in [0.2, 0.25) is 0 Å². The van der Waals surface area contributed by atoms with Crippen molar-refractivity contribution < 1.29 is 19.8 Å². The fraction of sp³-hybridized carbons (Fsp3) is 0.333. The largest absolute Gasteiger partial charge is 0.508 e. The standard InChI is InChI=1S/C12H14O4/c1-12(2,3)9-6-7(13)4-5-8(9)10(14)11(15)16/h4-6,13H,1-3H3,(H,15,16). The molecular formula is C12H14O4. The molecule has 16 heavy (non-hydrogen) atoms. The normalized spacial score (nSPS) is 11.2. The Kier molecular flexibility index (Phi) is 3.03. The smallest absolute Gasteiger partial charge is 0.377 e. The molecule has 0 unspecified atom stereocenters. The first-order valence-electron chi connectivity index (χ1n) is 4.84. The van der Waals surface area contributed by atoms with Crippen LogP contribution in [0.4, 0.5) is 0 Å². The summed E-state index contributed by atoms with van der Waals surface area (Å²) in [6.45, 7) is 5.54. The highest BCUT2D eigenvalue weighted by atomic mass is 16.4. The highest BCUT2D eigenvalue weighted by Crippen LogP contribution is 2.29. The average molecular weight is 222 g/mol. The zero-order valence-electron chi connectivity index (χ0n) is 9.44. The van der Waals surface area contributed by atoms with Crippen LogP contribution >= 0.6 is 0 Å². The Morgan fingerprint density at radius 3 is 2.19 bits per heavy atom. The van der Waals surface area contributed by atoms with Crippen molar-refractivity contribution in [1.82, 2.24) is 0 Å². The molecule has 1 aromatic rings. The van der Waals surface area contributed by atoms with E-state index in [1.54, 1.807) is 0 Å². The van der Waals surface area contributed by atoms with Crippen molar-refractivity contribution in [3.05, 3.63) is 29.3 Å². The third-order valence-corrected chi connectivity index (χ3v) is 2.25. The summed E-state index contributed by atoms with van der Waals surface area (Å²) in [4.78, 5) is 22.1. The molecule has 2 N–H and O–H groups in total. The van der Waals surface area contributed by atoms with Crippen molar-refractivity contribution in [2.24, 2.45) is 0 Å². The maximum absolute atomic E-state index is 11.4. The lowest BCUT2D eigenvalue weighted by Gasteiger charge is -2.21. The van der Waals surface area contributed by atoms with Crippen LogP contribution in [0.5, 0.6) is 5.75 Å². The summed E-state index contributed by atoms with van der Waals surface area (Å²) in [6, 6.07) is 4.08. The van der Waals surface area contributed by atoms with Gasteiger partial charge in [0, 0.05) is 5.56 Å². The Balaban J connectivity index is 3.40. The molecule has 0 spiro atoms. The van der Waals surface area contributed by atoms with Crippen LogP contribution in [0.2, 0.25) is 0 Å². The number of carbonyl (C=O) groups is 2. The molecule has 0 saturated carbocycles. The second-order valence-electron chi connectivity index (χ2n) is 4.61. The topological polar surface area (TPSA) is 74.6 Å². The third-order valence-electron chi connectivity index (χ3n) is 2.25. The number of hydrogen-bond acceptors (Lipinski definition) is 3. The lowest BCUT2D eigenvalue weighted by Crippen LogP contribution is -2.21. The van der Waals surface area contributed by atoms with Crippen LogP contribution in [0.15, 0.2) is 18.2 Å². The predicted octanol–water partition coefficient (Wildman–Crippen LogP) is 1.96. The first-order valence-corrected chi connectivity index (χ1v) is 4.84. The molecule has 0 aliphatic carbocycles. The minimum Gasteiger partial charge on any atom is -0.508 e. The maximum atomic E-state index is 11.4. The summed E-state index contributed by atoms with van der Waals surface area (Å²) in [5.41, 5.74) is 0.247. The van der Waals surface area contributed by atoms with Crippen molar-refractivity contribution in [3.8, 4) is 5.75 Å². The molecule has 0 atom stereocenters. The Morgan fingerprint density at radius 1 is 1.19 bits per heavy atom. The van der Waals surface area contributed by atoms with Gasteiger partial charge in [-0.15, -0.1) is 0 Å². The summed E-state index contributed by atoms with van der Waals surface area (Å²) >= 11 is 0. The summed E-state index contributed by atoms with van der Waals surface area (Å²) in [7, 11) is 0. The molecule has 0 radical (unpaired) electrons. The molecule has 0 heterocycles. The predicted molar refractivity (Wildman–Crippen MR) is 58.8 cm³/mol. The van der Waals surface area contributed by atoms with Gasteiger partial charge in [-0.2, -0.15) is 0 Å². The first kappa shape index (κ1) is 12.2. The van der Waals surface area contributed by atoms with Crippen LogP contribution in [0.25, 0.3) is 0 Å². The van der Waals surface area contributed by atoms with E-state index < -0.39 is 17.2 Å². The van der Waals surface area contributed by atoms with Crippen LogP contribution in [0, 0.1) is 0 Å². The van der Waals surface area contributed by atoms with Crippen molar-refractivity contribution in [2.75, 3.05) is 0 Å². The fourth-order valence-corrected chi connectivity index (χ4v) is 1.47. The van der Waals surface area contributed by atoms with Crippen molar-refractivity contribution in [3.63, 3.8) is 0 Å². The maximum Gasteiger partial charge on any atom is 0.377 e. The zero-order valence-corrected chi connectivity index (χ0v) is 9.44. The molecule has 86 valence electrons. The average Bonchev–Trinajstić information content (AvgIpc) is 2.15. The monoisotopic (exact) mass is 222 g/mol. The highest BCUT2D eigenvalue weighted by Gasteiger charge is 2.25. The number of carbonyl (C=O) groups excluding carboxylic acids is 1. The molecule has 0 amide bonds. The van der Waals surface area contributed by atoms with Gasteiger partial charge in [0.25, 0.3) is 5.78 Å². The van der Waals surface area contributed by atoms with E-state index in [1.165, 1.54) is 18.2 Å². The highest BCUT2D eigenvalue weighted by molar-refractivity contribution is 6.40. The quantitative estimate of drug-likeness (QED) is 0.592. The van der Waals surface area contributed by atoms with Crippen LogP contribution in [-0.2, 0) is 10.2 Å². The molecule has 1 aromatic carbocycles. The number of ketones is 1. The number of hydrogen-bond donors (Lipinski definition) is 2. The zero-order chi connectivity index (χ0) is 12.5. The van der Waals surface area contributed by atoms with Gasteiger partial charge in [0.05, 0.1) is 0 Å². The molecule has 1 rings (SSSR count). The van der Waals surface area contributed by atoms with Gasteiger partial charge in [-0.3, -0.25) is 4.79 Å². The van der Waals surface area contributed by atoms with E-state index in [1.807, 2.05) is 20.8 Å². The number of aliphatic carboxylic acids is 1. The van der Waals surface area contributed by atoms with Crippen LogP contribution in [-0.4, -0.2) is 22.0 Å². The summed E-state index contributed by atoms with van der Waals surface area (Å²) in [5, 5.41) is 18.0. The second-order valence-corrected chi connectivity index (χ2v) is 4.61. The van der Waals surface area contributed by atoms with E-state index in [9.17, 15) is 14.7 Å². The van der Waals surface area contributed by atoms with Gasteiger partial charge < -0.3 is 10.2 Å². The van der Waals surface area contributed by atoms with Crippen LogP contribution in [0.1, 0.15) is 36.7 Å². The van der Waals surface area contributed by atoms with E-state index in [0.717, 1.165) is 0 Å². The Morgan fingerprint density at radius 2 is 1.75 bits per heavy atom.